The quantitative estimate of drug-likeness (QED) is 0.863. The molecule has 0 radical (unpaired) electrons. The van der Waals surface area contributed by atoms with Crippen LogP contribution in [-0.2, 0) is 22.7 Å². The van der Waals surface area contributed by atoms with Gasteiger partial charge in [-0.1, -0.05) is 31.2 Å². The number of benzene rings is 1. The van der Waals surface area contributed by atoms with E-state index in [0.29, 0.717) is 13.1 Å². The first kappa shape index (κ1) is 14.5. The van der Waals surface area contributed by atoms with Gasteiger partial charge in [0, 0.05) is 13.1 Å². The van der Waals surface area contributed by atoms with Gasteiger partial charge in [0.1, 0.15) is 6.54 Å². The summed E-state index contributed by atoms with van der Waals surface area (Å²) in [4.78, 5) is 27.2. The molecule has 2 rings (SSSR count). The first-order valence-electron chi connectivity index (χ1n) is 6.88. The summed E-state index contributed by atoms with van der Waals surface area (Å²) in [6.07, 6.45) is 0.863. The van der Waals surface area contributed by atoms with Gasteiger partial charge in [0.25, 0.3) is 0 Å². The molecule has 2 amide bonds. The third-order valence-electron chi connectivity index (χ3n) is 3.43. The summed E-state index contributed by atoms with van der Waals surface area (Å²) < 4.78 is 0. The largest absolute Gasteiger partial charge is 0.392 e. The van der Waals surface area contributed by atoms with Crippen molar-refractivity contribution in [2.75, 3.05) is 19.6 Å². The van der Waals surface area contributed by atoms with Gasteiger partial charge in [0.2, 0.25) is 11.8 Å². The highest BCUT2D eigenvalue weighted by molar-refractivity contribution is 5.92. The molecule has 0 unspecified atom stereocenters. The molecule has 0 bridgehead atoms. The molecule has 0 atom stereocenters. The monoisotopic (exact) mass is 276 g/mol. The molecular weight excluding hydrogens is 256 g/mol. The SMILES string of the molecule is CCCN1CC(=O)N(Cc2ccc(CO)cc2)CC1=O. The third kappa shape index (κ3) is 3.36. The fraction of sp³-hybridized carbons (Fsp3) is 0.467. The Labute approximate surface area is 118 Å². The first-order valence-corrected chi connectivity index (χ1v) is 6.88. The molecule has 1 heterocycles. The van der Waals surface area contributed by atoms with Crippen LogP contribution in [-0.4, -0.2) is 46.4 Å². The topological polar surface area (TPSA) is 60.9 Å². The van der Waals surface area contributed by atoms with Gasteiger partial charge in [-0.25, -0.2) is 0 Å². The van der Waals surface area contributed by atoms with Crippen LogP contribution in [0.5, 0.6) is 0 Å². The van der Waals surface area contributed by atoms with Crippen LogP contribution in [0.15, 0.2) is 24.3 Å². The summed E-state index contributed by atoms with van der Waals surface area (Å²) in [5.41, 5.74) is 1.80. The molecule has 1 aliphatic rings. The Balaban J connectivity index is 1.99. The highest BCUT2D eigenvalue weighted by Crippen LogP contribution is 2.12. The molecule has 1 aromatic rings. The van der Waals surface area contributed by atoms with E-state index in [1.54, 1.807) is 9.80 Å². The van der Waals surface area contributed by atoms with Crippen LogP contribution in [0.4, 0.5) is 0 Å². The van der Waals surface area contributed by atoms with Crippen molar-refractivity contribution in [2.24, 2.45) is 0 Å². The number of hydrogen-bond acceptors (Lipinski definition) is 3. The molecule has 1 aromatic carbocycles. The second kappa shape index (κ2) is 6.52. The van der Waals surface area contributed by atoms with Crippen LogP contribution in [0.2, 0.25) is 0 Å². The maximum absolute atomic E-state index is 12.0. The number of hydrogen-bond donors (Lipinski definition) is 1. The summed E-state index contributed by atoms with van der Waals surface area (Å²) >= 11 is 0. The molecule has 0 saturated carbocycles. The fourth-order valence-electron chi connectivity index (χ4n) is 2.29. The van der Waals surface area contributed by atoms with Gasteiger partial charge in [-0.05, 0) is 17.5 Å². The van der Waals surface area contributed by atoms with Gasteiger partial charge < -0.3 is 14.9 Å². The lowest BCUT2D eigenvalue weighted by atomic mass is 10.1. The van der Waals surface area contributed by atoms with E-state index in [4.69, 9.17) is 5.11 Å². The van der Waals surface area contributed by atoms with Crippen LogP contribution in [0.25, 0.3) is 0 Å². The van der Waals surface area contributed by atoms with Crippen molar-refractivity contribution in [2.45, 2.75) is 26.5 Å². The number of aliphatic hydroxyl groups excluding tert-OH is 1. The Morgan fingerprint density at radius 3 is 2.15 bits per heavy atom. The Hall–Kier alpha value is -1.88. The van der Waals surface area contributed by atoms with Gasteiger partial charge in [0.05, 0.1) is 13.2 Å². The zero-order chi connectivity index (χ0) is 14.5. The highest BCUT2D eigenvalue weighted by atomic mass is 16.3. The zero-order valence-electron chi connectivity index (χ0n) is 11.7. The first-order chi connectivity index (χ1) is 9.63. The van der Waals surface area contributed by atoms with E-state index in [2.05, 4.69) is 0 Å². The average Bonchev–Trinajstić information content (AvgIpc) is 2.45. The lowest BCUT2D eigenvalue weighted by molar-refractivity contribution is -0.150. The molecule has 5 heteroatoms. The van der Waals surface area contributed by atoms with Crippen molar-refractivity contribution in [3.63, 3.8) is 0 Å². The summed E-state index contributed by atoms with van der Waals surface area (Å²) in [6.45, 7) is 3.42. The summed E-state index contributed by atoms with van der Waals surface area (Å²) in [6, 6.07) is 7.41. The molecular formula is C15H20N2O3. The minimum Gasteiger partial charge on any atom is -0.392 e. The molecule has 20 heavy (non-hydrogen) atoms. The van der Waals surface area contributed by atoms with Crippen molar-refractivity contribution in [3.05, 3.63) is 35.4 Å². The van der Waals surface area contributed by atoms with Crippen LogP contribution < -0.4 is 0 Å². The summed E-state index contributed by atoms with van der Waals surface area (Å²) in [5, 5.41) is 8.99. The Bertz CT molecular complexity index is 484. The molecule has 0 spiro atoms. The zero-order valence-corrected chi connectivity index (χ0v) is 11.7. The van der Waals surface area contributed by atoms with Crippen molar-refractivity contribution in [1.29, 1.82) is 0 Å². The van der Waals surface area contributed by atoms with Gasteiger partial charge in [-0.3, -0.25) is 9.59 Å². The molecule has 1 fully saturated rings. The maximum Gasteiger partial charge on any atom is 0.242 e. The molecule has 5 nitrogen and oxygen atoms in total. The van der Waals surface area contributed by atoms with Crippen LogP contribution in [0.1, 0.15) is 24.5 Å². The molecule has 0 aliphatic carbocycles. The summed E-state index contributed by atoms with van der Waals surface area (Å²) in [7, 11) is 0. The second-order valence-electron chi connectivity index (χ2n) is 5.04. The molecule has 1 aliphatic heterocycles. The molecule has 1 saturated heterocycles. The number of nitrogens with zero attached hydrogens (tertiary/aromatic N) is 2. The number of carbonyl (C=O) groups excluding carboxylic acids is 2. The van der Waals surface area contributed by atoms with Gasteiger partial charge >= 0.3 is 0 Å². The number of carbonyl (C=O) groups is 2. The number of amides is 2. The van der Waals surface area contributed by atoms with E-state index in [0.717, 1.165) is 17.5 Å². The van der Waals surface area contributed by atoms with E-state index in [1.807, 2.05) is 31.2 Å². The van der Waals surface area contributed by atoms with Crippen LogP contribution in [0, 0.1) is 0 Å². The molecule has 1 N–H and O–H groups in total. The molecule has 108 valence electrons. The minimum absolute atomic E-state index is 0.00733. The highest BCUT2D eigenvalue weighted by Gasteiger charge is 2.28. The maximum atomic E-state index is 12.0. The second-order valence-corrected chi connectivity index (χ2v) is 5.04. The lowest BCUT2D eigenvalue weighted by Crippen LogP contribution is -2.53. The van der Waals surface area contributed by atoms with Crippen molar-refractivity contribution < 1.29 is 14.7 Å². The van der Waals surface area contributed by atoms with E-state index in [9.17, 15) is 9.59 Å². The Kier molecular flexibility index (Phi) is 4.74. The van der Waals surface area contributed by atoms with Gasteiger partial charge in [-0.15, -0.1) is 0 Å². The minimum atomic E-state index is -0.00992. The smallest absolute Gasteiger partial charge is 0.242 e. The van der Waals surface area contributed by atoms with E-state index < -0.39 is 0 Å². The predicted octanol–water partition coefficient (Wildman–Crippen LogP) is 0.760. The summed E-state index contributed by atoms with van der Waals surface area (Å²) in [5.74, 6) is 0.00251. The number of aliphatic hydroxyl groups is 1. The normalized spacial score (nSPS) is 15.9. The number of rotatable bonds is 5. The van der Waals surface area contributed by atoms with Gasteiger partial charge in [-0.2, -0.15) is 0 Å². The number of piperazine rings is 1. The molecule has 0 aromatic heterocycles. The Morgan fingerprint density at radius 1 is 1.00 bits per heavy atom. The average molecular weight is 276 g/mol. The van der Waals surface area contributed by atoms with E-state index in [1.165, 1.54) is 0 Å². The fourth-order valence-corrected chi connectivity index (χ4v) is 2.29. The van der Waals surface area contributed by atoms with Crippen LogP contribution in [0.3, 0.4) is 0 Å². The van der Waals surface area contributed by atoms with E-state index in [-0.39, 0.29) is 31.5 Å². The standard InChI is InChI=1S/C15H20N2O3/c1-2-7-16-9-15(20)17(10-14(16)19)8-12-3-5-13(11-18)6-4-12/h3-6,18H,2,7-11H2,1H3. The van der Waals surface area contributed by atoms with Crippen molar-refractivity contribution in [1.82, 2.24) is 9.80 Å². The van der Waals surface area contributed by atoms with E-state index >= 15 is 0 Å². The van der Waals surface area contributed by atoms with Crippen molar-refractivity contribution >= 4 is 11.8 Å². The van der Waals surface area contributed by atoms with Crippen molar-refractivity contribution in [3.8, 4) is 0 Å². The van der Waals surface area contributed by atoms with Crippen LogP contribution >= 0.6 is 0 Å². The third-order valence-corrected chi connectivity index (χ3v) is 3.43. The Morgan fingerprint density at radius 2 is 1.55 bits per heavy atom. The predicted molar refractivity (Wildman–Crippen MR) is 74.7 cm³/mol. The lowest BCUT2D eigenvalue weighted by Gasteiger charge is -2.33. The van der Waals surface area contributed by atoms with Gasteiger partial charge in [0.15, 0.2) is 0 Å².